The Bertz CT molecular complexity index is 1670. The van der Waals surface area contributed by atoms with Gasteiger partial charge in [-0.1, -0.05) is 42.5 Å². The number of para-hydroxylation sites is 1. The predicted molar refractivity (Wildman–Crippen MR) is 145 cm³/mol. The minimum Gasteiger partial charge on any atom is -0.494 e. The maximum absolute atomic E-state index is 13.6. The highest BCUT2D eigenvalue weighted by Gasteiger charge is 2.21. The molecule has 0 saturated carbocycles. The van der Waals surface area contributed by atoms with E-state index in [1.165, 1.54) is 23.5 Å². The Labute approximate surface area is 217 Å². The van der Waals surface area contributed by atoms with Crippen LogP contribution >= 0.6 is 11.3 Å². The molecule has 0 aliphatic heterocycles. The Kier molecular flexibility index (Phi) is 6.67. The molecule has 3 aromatic carbocycles. The summed E-state index contributed by atoms with van der Waals surface area (Å²) in [6, 6.07) is 25.0. The van der Waals surface area contributed by atoms with Crippen LogP contribution in [0.15, 0.2) is 78.9 Å². The van der Waals surface area contributed by atoms with Crippen LogP contribution < -0.4 is 10.1 Å². The minimum absolute atomic E-state index is 0.343. The van der Waals surface area contributed by atoms with Crippen molar-refractivity contribution in [1.29, 1.82) is 5.26 Å². The van der Waals surface area contributed by atoms with Crippen molar-refractivity contribution in [2.45, 2.75) is 13.8 Å². The van der Waals surface area contributed by atoms with Gasteiger partial charge in [0.1, 0.15) is 22.6 Å². The number of benzene rings is 3. The molecule has 1 N–H and O–H groups in total. The first-order chi connectivity index (χ1) is 18.0. The molecule has 5 aromatic rings. The van der Waals surface area contributed by atoms with Gasteiger partial charge in [0.25, 0.3) is 5.91 Å². The highest BCUT2D eigenvalue weighted by molar-refractivity contribution is 7.17. The number of carbonyl (C=O) groups is 1. The van der Waals surface area contributed by atoms with Crippen LogP contribution in [0.25, 0.3) is 33.3 Å². The number of nitrogens with zero attached hydrogens (tertiary/aromatic N) is 2. The van der Waals surface area contributed by atoms with Crippen molar-refractivity contribution in [1.82, 2.24) is 4.98 Å². The molecular formula is C30H22FN3O2S. The quantitative estimate of drug-likeness (QED) is 0.257. The van der Waals surface area contributed by atoms with Gasteiger partial charge in [-0.25, -0.2) is 9.37 Å². The van der Waals surface area contributed by atoms with Crippen LogP contribution in [0.3, 0.4) is 0 Å². The van der Waals surface area contributed by atoms with Gasteiger partial charge in [0, 0.05) is 21.4 Å². The molecule has 0 bridgehead atoms. The van der Waals surface area contributed by atoms with Gasteiger partial charge in [0.2, 0.25) is 0 Å². The Balaban J connectivity index is 1.57. The number of carbonyl (C=O) groups excluding carboxylic acids is 1. The molecule has 0 fully saturated rings. The Morgan fingerprint density at radius 1 is 1.05 bits per heavy atom. The van der Waals surface area contributed by atoms with Crippen molar-refractivity contribution < 1.29 is 13.9 Å². The van der Waals surface area contributed by atoms with Crippen LogP contribution in [-0.2, 0) is 0 Å². The topological polar surface area (TPSA) is 75.0 Å². The number of aromatic nitrogens is 1. The smallest absolute Gasteiger partial charge is 0.257 e. The minimum atomic E-state index is -0.351. The second-order valence-corrected chi connectivity index (χ2v) is 9.57. The molecule has 0 saturated heterocycles. The van der Waals surface area contributed by atoms with Crippen molar-refractivity contribution in [2.75, 3.05) is 11.9 Å². The van der Waals surface area contributed by atoms with Crippen LogP contribution in [0, 0.1) is 24.1 Å². The Morgan fingerprint density at radius 2 is 1.84 bits per heavy atom. The number of pyridine rings is 1. The lowest BCUT2D eigenvalue weighted by Gasteiger charge is -2.11. The molecule has 37 heavy (non-hydrogen) atoms. The number of halogens is 1. The number of amides is 1. The largest absolute Gasteiger partial charge is 0.494 e. The summed E-state index contributed by atoms with van der Waals surface area (Å²) >= 11 is 1.32. The van der Waals surface area contributed by atoms with Crippen molar-refractivity contribution >= 4 is 33.1 Å². The molecule has 0 atom stereocenters. The molecule has 2 aromatic heterocycles. The standard InChI is InChI=1S/C30H22FN3O2S/c1-3-36-22-8-6-7-20(15-22)27-16-24(23-9-4-5-10-26(23)33-27)29(35)34-30-25(17-32)28(18(2)37-30)19-11-13-21(31)14-12-19/h4-16H,3H2,1-2H3,(H,34,35). The molecule has 0 aliphatic rings. The van der Waals surface area contributed by atoms with Crippen molar-refractivity contribution in [2.24, 2.45) is 0 Å². The number of anilines is 1. The lowest BCUT2D eigenvalue weighted by molar-refractivity contribution is 0.102. The van der Waals surface area contributed by atoms with E-state index in [4.69, 9.17) is 9.72 Å². The van der Waals surface area contributed by atoms with E-state index in [0.717, 1.165) is 21.8 Å². The molecule has 5 nitrogen and oxygen atoms in total. The molecule has 5 rings (SSSR count). The highest BCUT2D eigenvalue weighted by Crippen LogP contribution is 2.40. The number of nitriles is 1. The summed E-state index contributed by atoms with van der Waals surface area (Å²) in [6.07, 6.45) is 0. The summed E-state index contributed by atoms with van der Waals surface area (Å²) in [5.74, 6) is 0.0297. The summed E-state index contributed by atoms with van der Waals surface area (Å²) in [4.78, 5) is 19.3. The number of thiophene rings is 1. The maximum atomic E-state index is 13.6. The summed E-state index contributed by atoms with van der Waals surface area (Å²) in [7, 11) is 0. The average Bonchev–Trinajstić information content (AvgIpc) is 3.23. The Hall–Kier alpha value is -4.54. The van der Waals surface area contributed by atoms with Crippen LogP contribution in [0.1, 0.15) is 27.7 Å². The van der Waals surface area contributed by atoms with Gasteiger partial charge in [-0.15, -0.1) is 11.3 Å². The first-order valence-electron chi connectivity index (χ1n) is 11.7. The van der Waals surface area contributed by atoms with Gasteiger partial charge in [0.05, 0.1) is 28.9 Å². The van der Waals surface area contributed by atoms with E-state index in [1.807, 2.05) is 62.4 Å². The van der Waals surface area contributed by atoms with E-state index in [-0.39, 0.29) is 11.7 Å². The number of aryl methyl sites for hydroxylation is 1. The zero-order chi connectivity index (χ0) is 25.9. The number of fused-ring (bicyclic) bond motifs is 1. The first-order valence-corrected chi connectivity index (χ1v) is 12.5. The molecule has 0 unspecified atom stereocenters. The lowest BCUT2D eigenvalue weighted by atomic mass is 10.0. The van der Waals surface area contributed by atoms with Gasteiger partial charge in [-0.2, -0.15) is 5.26 Å². The number of rotatable bonds is 6. The van der Waals surface area contributed by atoms with Crippen LogP contribution in [0.4, 0.5) is 9.39 Å². The fourth-order valence-electron chi connectivity index (χ4n) is 4.30. The highest BCUT2D eigenvalue weighted by atomic mass is 32.1. The third kappa shape index (κ3) is 4.80. The van der Waals surface area contributed by atoms with Gasteiger partial charge in [0.15, 0.2) is 0 Å². The van der Waals surface area contributed by atoms with Gasteiger partial charge in [-0.05, 0) is 55.8 Å². The summed E-state index contributed by atoms with van der Waals surface area (Å²) in [5.41, 5.74) is 4.36. The Morgan fingerprint density at radius 3 is 2.59 bits per heavy atom. The van der Waals surface area contributed by atoms with E-state index >= 15 is 0 Å². The van der Waals surface area contributed by atoms with Crippen LogP contribution in [0.5, 0.6) is 5.75 Å². The van der Waals surface area contributed by atoms with Gasteiger partial charge < -0.3 is 10.1 Å². The van der Waals surface area contributed by atoms with E-state index in [9.17, 15) is 14.4 Å². The molecule has 182 valence electrons. The fourth-order valence-corrected chi connectivity index (χ4v) is 5.32. The van der Waals surface area contributed by atoms with Gasteiger partial charge >= 0.3 is 0 Å². The SMILES string of the molecule is CCOc1cccc(-c2cc(C(=O)Nc3sc(C)c(-c4ccc(F)cc4)c3C#N)c3ccccc3n2)c1. The predicted octanol–water partition coefficient (Wildman–Crippen LogP) is 7.60. The second kappa shape index (κ2) is 10.2. The third-order valence-corrected chi connectivity index (χ3v) is 6.98. The number of hydrogen-bond acceptors (Lipinski definition) is 5. The zero-order valence-electron chi connectivity index (χ0n) is 20.2. The first kappa shape index (κ1) is 24.2. The normalized spacial score (nSPS) is 10.8. The number of hydrogen-bond donors (Lipinski definition) is 1. The van der Waals surface area contributed by atoms with Gasteiger partial charge in [-0.3, -0.25) is 4.79 Å². The van der Waals surface area contributed by atoms with E-state index in [1.54, 1.807) is 18.2 Å². The van der Waals surface area contributed by atoms with E-state index < -0.39 is 0 Å². The number of ether oxygens (including phenoxy) is 1. The van der Waals surface area contributed by atoms with Crippen molar-refractivity contribution in [3.05, 3.63) is 101 Å². The lowest BCUT2D eigenvalue weighted by Crippen LogP contribution is -2.13. The van der Waals surface area contributed by atoms with E-state index in [2.05, 4.69) is 11.4 Å². The molecule has 0 aliphatic carbocycles. The molecule has 2 heterocycles. The summed E-state index contributed by atoms with van der Waals surface area (Å²) < 4.78 is 19.1. The average molecular weight is 508 g/mol. The van der Waals surface area contributed by atoms with Crippen molar-refractivity contribution in [3.8, 4) is 34.2 Å². The molecule has 0 radical (unpaired) electrons. The monoisotopic (exact) mass is 507 g/mol. The van der Waals surface area contributed by atoms with Crippen LogP contribution in [0.2, 0.25) is 0 Å². The number of nitrogens with one attached hydrogen (secondary N) is 1. The molecule has 1 amide bonds. The third-order valence-electron chi connectivity index (χ3n) is 5.96. The van der Waals surface area contributed by atoms with E-state index in [0.29, 0.717) is 44.9 Å². The van der Waals surface area contributed by atoms with Crippen LogP contribution in [-0.4, -0.2) is 17.5 Å². The maximum Gasteiger partial charge on any atom is 0.257 e. The fraction of sp³-hybridized carbons (Fsp3) is 0.100. The second-order valence-electron chi connectivity index (χ2n) is 8.34. The molecule has 7 heteroatoms. The summed E-state index contributed by atoms with van der Waals surface area (Å²) in [6.45, 7) is 4.35. The molecule has 0 spiro atoms. The molecular weight excluding hydrogens is 485 g/mol. The summed E-state index contributed by atoms with van der Waals surface area (Å²) in [5, 5.41) is 14.1. The zero-order valence-corrected chi connectivity index (χ0v) is 21.0. The van der Waals surface area contributed by atoms with Crippen molar-refractivity contribution in [3.63, 3.8) is 0 Å².